The summed E-state index contributed by atoms with van der Waals surface area (Å²) in [4.78, 5) is 12.3. The molecular formula is C27H22N4O5S. The zero-order valence-corrected chi connectivity index (χ0v) is 20.8. The van der Waals surface area contributed by atoms with Crippen LogP contribution in [0, 0.1) is 0 Å². The highest BCUT2D eigenvalue weighted by Gasteiger charge is 2.30. The van der Waals surface area contributed by atoms with E-state index in [1.807, 2.05) is 12.1 Å². The normalized spacial score (nSPS) is 11.2. The lowest BCUT2D eigenvalue weighted by Gasteiger charge is -2.25. The van der Waals surface area contributed by atoms with Crippen LogP contribution >= 0.6 is 0 Å². The molecule has 10 heteroatoms. The standard InChI is InChI=1S/C27H22N4O5S/c1-34-21-4-3-5-22(15-21)36-23-7-9-25(26(16-23)35-2)31(27-11-13-29-18-30-27)37(32,33)24-8-6-20-17-28-12-10-19(20)14-24/h3-18H,1-2H3. The Balaban J connectivity index is 1.60. The van der Waals surface area contributed by atoms with E-state index in [0.717, 1.165) is 15.1 Å². The average Bonchev–Trinajstić information content (AvgIpc) is 2.94. The van der Waals surface area contributed by atoms with Gasteiger partial charge in [0, 0.05) is 42.2 Å². The molecule has 37 heavy (non-hydrogen) atoms. The molecular weight excluding hydrogens is 492 g/mol. The molecule has 0 radical (unpaired) electrons. The van der Waals surface area contributed by atoms with Gasteiger partial charge in [-0.15, -0.1) is 0 Å². The number of pyridine rings is 1. The summed E-state index contributed by atoms with van der Waals surface area (Å²) >= 11 is 0. The Bertz CT molecular complexity index is 1660. The lowest BCUT2D eigenvalue weighted by Crippen LogP contribution is -2.27. The van der Waals surface area contributed by atoms with Crippen molar-refractivity contribution in [2.24, 2.45) is 0 Å². The van der Waals surface area contributed by atoms with Gasteiger partial charge in [-0.3, -0.25) is 4.98 Å². The van der Waals surface area contributed by atoms with Gasteiger partial charge in [-0.05, 0) is 47.9 Å². The van der Waals surface area contributed by atoms with Crippen molar-refractivity contribution in [3.63, 3.8) is 0 Å². The minimum atomic E-state index is -4.13. The van der Waals surface area contributed by atoms with Gasteiger partial charge in [0.15, 0.2) is 5.82 Å². The zero-order valence-electron chi connectivity index (χ0n) is 20.0. The van der Waals surface area contributed by atoms with Crippen LogP contribution in [0.2, 0.25) is 0 Å². The lowest BCUT2D eigenvalue weighted by atomic mass is 10.2. The number of fused-ring (bicyclic) bond motifs is 1. The summed E-state index contributed by atoms with van der Waals surface area (Å²) in [7, 11) is -1.09. The molecule has 0 bridgehead atoms. The molecule has 0 saturated heterocycles. The monoisotopic (exact) mass is 514 g/mol. The van der Waals surface area contributed by atoms with Crippen LogP contribution in [-0.4, -0.2) is 37.6 Å². The number of anilines is 2. The van der Waals surface area contributed by atoms with Gasteiger partial charge in [0.1, 0.15) is 35.0 Å². The van der Waals surface area contributed by atoms with Crippen molar-refractivity contribution < 1.29 is 22.6 Å². The molecule has 0 atom stereocenters. The van der Waals surface area contributed by atoms with Crippen molar-refractivity contribution in [2.45, 2.75) is 4.90 Å². The van der Waals surface area contributed by atoms with Crippen LogP contribution in [0.3, 0.4) is 0 Å². The van der Waals surface area contributed by atoms with E-state index >= 15 is 0 Å². The highest BCUT2D eigenvalue weighted by Crippen LogP contribution is 2.40. The van der Waals surface area contributed by atoms with Gasteiger partial charge >= 0.3 is 0 Å². The molecule has 2 heterocycles. The molecule has 3 aromatic carbocycles. The Hall–Kier alpha value is -4.70. The number of aromatic nitrogens is 3. The first-order chi connectivity index (χ1) is 18.0. The van der Waals surface area contributed by atoms with Gasteiger partial charge in [0.05, 0.1) is 19.1 Å². The Morgan fingerprint density at radius 1 is 0.757 bits per heavy atom. The van der Waals surface area contributed by atoms with Crippen LogP contribution in [0.5, 0.6) is 23.0 Å². The molecule has 186 valence electrons. The van der Waals surface area contributed by atoms with E-state index in [1.54, 1.807) is 74.1 Å². The maximum atomic E-state index is 14.0. The van der Waals surface area contributed by atoms with Crippen LogP contribution in [0.25, 0.3) is 10.8 Å². The SMILES string of the molecule is COc1cccc(Oc2ccc(N(c3ccncn3)S(=O)(=O)c3ccc4cnccc4c3)c(OC)c2)c1. The van der Waals surface area contributed by atoms with Crippen LogP contribution in [-0.2, 0) is 10.0 Å². The van der Waals surface area contributed by atoms with Gasteiger partial charge in [0.25, 0.3) is 10.0 Å². The fourth-order valence-electron chi connectivity index (χ4n) is 3.80. The van der Waals surface area contributed by atoms with E-state index in [1.165, 1.54) is 25.7 Å². The number of hydrogen-bond donors (Lipinski definition) is 0. The summed E-state index contributed by atoms with van der Waals surface area (Å²) in [6.07, 6.45) is 6.06. The van der Waals surface area contributed by atoms with Gasteiger partial charge < -0.3 is 14.2 Å². The van der Waals surface area contributed by atoms with Crippen LogP contribution in [0.4, 0.5) is 11.5 Å². The van der Waals surface area contributed by atoms with E-state index < -0.39 is 10.0 Å². The van der Waals surface area contributed by atoms with Gasteiger partial charge in [-0.2, -0.15) is 0 Å². The first-order valence-electron chi connectivity index (χ1n) is 11.1. The van der Waals surface area contributed by atoms with E-state index in [2.05, 4.69) is 15.0 Å². The maximum absolute atomic E-state index is 14.0. The second-order valence-corrected chi connectivity index (χ2v) is 9.62. The molecule has 0 amide bonds. The number of ether oxygens (including phenoxy) is 3. The fourth-order valence-corrected chi connectivity index (χ4v) is 5.29. The van der Waals surface area contributed by atoms with Crippen LogP contribution in [0.15, 0.2) is 103 Å². The third-order valence-electron chi connectivity index (χ3n) is 5.57. The fraction of sp³-hybridized carbons (Fsp3) is 0.0741. The van der Waals surface area contributed by atoms with Crippen molar-refractivity contribution in [1.29, 1.82) is 0 Å². The quantitative estimate of drug-likeness (QED) is 0.273. The van der Waals surface area contributed by atoms with Crippen LogP contribution < -0.4 is 18.5 Å². The summed E-state index contributed by atoms with van der Waals surface area (Å²) in [5, 5.41) is 1.57. The maximum Gasteiger partial charge on any atom is 0.270 e. The largest absolute Gasteiger partial charge is 0.497 e. The number of rotatable bonds is 8. The minimum Gasteiger partial charge on any atom is -0.497 e. The van der Waals surface area contributed by atoms with Crippen molar-refractivity contribution >= 4 is 32.3 Å². The Labute approximate surface area is 214 Å². The van der Waals surface area contributed by atoms with E-state index in [9.17, 15) is 8.42 Å². The van der Waals surface area contributed by atoms with Gasteiger partial charge in [-0.25, -0.2) is 22.7 Å². The predicted molar refractivity (Wildman–Crippen MR) is 139 cm³/mol. The molecule has 0 aliphatic carbocycles. The molecule has 0 spiro atoms. The van der Waals surface area contributed by atoms with E-state index in [4.69, 9.17) is 14.2 Å². The molecule has 0 fully saturated rings. The van der Waals surface area contributed by atoms with E-state index in [0.29, 0.717) is 17.2 Å². The molecule has 5 aromatic rings. The second-order valence-electron chi connectivity index (χ2n) is 7.84. The van der Waals surface area contributed by atoms with Crippen molar-refractivity contribution in [1.82, 2.24) is 15.0 Å². The molecule has 2 aromatic heterocycles. The van der Waals surface area contributed by atoms with Gasteiger partial charge in [0.2, 0.25) is 0 Å². The number of sulfonamides is 1. The molecule has 5 rings (SSSR count). The highest BCUT2D eigenvalue weighted by molar-refractivity contribution is 7.93. The van der Waals surface area contributed by atoms with Crippen LogP contribution in [0.1, 0.15) is 0 Å². The highest BCUT2D eigenvalue weighted by atomic mass is 32.2. The second kappa shape index (κ2) is 10.1. The molecule has 9 nitrogen and oxygen atoms in total. The number of hydrogen-bond acceptors (Lipinski definition) is 8. The van der Waals surface area contributed by atoms with Crippen molar-refractivity contribution in [3.8, 4) is 23.0 Å². The first-order valence-corrected chi connectivity index (χ1v) is 12.6. The minimum absolute atomic E-state index is 0.0866. The number of nitrogens with zero attached hydrogens (tertiary/aromatic N) is 4. The molecule has 0 aliphatic rings. The zero-order chi connectivity index (χ0) is 25.8. The lowest BCUT2D eigenvalue weighted by molar-refractivity contribution is 0.404. The molecule has 0 aliphatic heterocycles. The summed E-state index contributed by atoms with van der Waals surface area (Å²) in [5.74, 6) is 2.08. The molecule has 0 saturated carbocycles. The third-order valence-corrected chi connectivity index (χ3v) is 7.29. The molecule has 0 N–H and O–H groups in total. The number of benzene rings is 3. The Kier molecular flexibility index (Phi) is 6.57. The topological polar surface area (TPSA) is 104 Å². The smallest absolute Gasteiger partial charge is 0.270 e. The average molecular weight is 515 g/mol. The van der Waals surface area contributed by atoms with Crippen molar-refractivity contribution in [2.75, 3.05) is 18.5 Å². The summed E-state index contributed by atoms with van der Waals surface area (Å²) in [6.45, 7) is 0. The van der Waals surface area contributed by atoms with E-state index in [-0.39, 0.29) is 22.2 Å². The molecule has 0 unspecified atom stereocenters. The first kappa shape index (κ1) is 24.0. The van der Waals surface area contributed by atoms with Gasteiger partial charge in [-0.1, -0.05) is 12.1 Å². The summed E-state index contributed by atoms with van der Waals surface area (Å²) in [6, 6.07) is 20.2. The Morgan fingerprint density at radius 2 is 1.57 bits per heavy atom. The Morgan fingerprint density at radius 3 is 2.35 bits per heavy atom. The summed E-state index contributed by atoms with van der Waals surface area (Å²) < 4.78 is 46.0. The third kappa shape index (κ3) is 4.87. The summed E-state index contributed by atoms with van der Waals surface area (Å²) in [5.41, 5.74) is 0.258. The number of methoxy groups -OCH3 is 2. The van der Waals surface area contributed by atoms with Crippen molar-refractivity contribution in [3.05, 3.63) is 97.7 Å². The predicted octanol–water partition coefficient (Wildman–Crippen LogP) is 5.36.